The molecule has 0 fully saturated rings. The number of benzene rings is 4. The third-order valence-electron chi connectivity index (χ3n) is 8.71. The van der Waals surface area contributed by atoms with E-state index in [-0.39, 0.29) is 24.4 Å². The number of para-hydroxylation sites is 1. The number of carbonyl (C=O) groups is 1. The lowest BCUT2D eigenvalue weighted by Gasteiger charge is -2.34. The highest BCUT2D eigenvalue weighted by atomic mass is 32.2. The highest BCUT2D eigenvalue weighted by Gasteiger charge is 2.27. The van der Waals surface area contributed by atoms with Crippen LogP contribution >= 0.6 is 11.8 Å². The minimum Gasteiger partial charge on any atom is -0.336 e. The van der Waals surface area contributed by atoms with E-state index in [9.17, 15) is 13.6 Å². The second-order valence-corrected chi connectivity index (χ2v) is 12.4. The molecule has 5 rings (SSSR count). The Labute approximate surface area is 281 Å². The van der Waals surface area contributed by atoms with Crippen molar-refractivity contribution in [3.05, 3.63) is 126 Å². The number of carbonyl (C=O) groups excluding carboxylic acids is 1. The number of likely N-dealkylation sites (N-methyl/N-ethyl adjacent to an activating group) is 1. The van der Waals surface area contributed by atoms with E-state index in [0.29, 0.717) is 31.0 Å². The number of aliphatic imine (C=N–C) groups is 1. The van der Waals surface area contributed by atoms with Crippen LogP contribution < -0.4 is 4.90 Å². The number of nitrogens with zero attached hydrogens (tertiary/aromatic N) is 4. The van der Waals surface area contributed by atoms with Gasteiger partial charge in [-0.2, -0.15) is 0 Å². The number of aryl methyl sites for hydroxylation is 1. The van der Waals surface area contributed by atoms with Crippen molar-refractivity contribution in [3.63, 3.8) is 0 Å². The van der Waals surface area contributed by atoms with E-state index >= 15 is 0 Å². The zero-order chi connectivity index (χ0) is 33.3. The first-order chi connectivity index (χ1) is 22.8. The van der Waals surface area contributed by atoms with Gasteiger partial charge in [0.2, 0.25) is 5.91 Å². The molecule has 47 heavy (non-hydrogen) atoms. The molecule has 0 saturated heterocycles. The fourth-order valence-corrected chi connectivity index (χ4v) is 6.27. The van der Waals surface area contributed by atoms with Crippen molar-refractivity contribution in [1.29, 1.82) is 0 Å². The first-order valence-electron chi connectivity index (χ1n) is 16.1. The SMILES string of the molecule is C=C1N=C(CCc2cccc(F)c2F)N(CC(=O)N(CCN(CC)CC)Cc2ccc(-c3ccc(SC)cc3)cc2)c2ccccc21. The monoisotopic (exact) mass is 652 g/mol. The summed E-state index contributed by atoms with van der Waals surface area (Å²) in [7, 11) is 0. The van der Waals surface area contributed by atoms with Crippen LogP contribution in [0.15, 0.2) is 107 Å². The number of fused-ring (bicyclic) bond motifs is 1. The van der Waals surface area contributed by atoms with Gasteiger partial charge in [0.05, 0.1) is 11.4 Å². The van der Waals surface area contributed by atoms with E-state index in [2.05, 4.69) is 80.1 Å². The van der Waals surface area contributed by atoms with Crippen molar-refractivity contribution in [2.24, 2.45) is 4.99 Å². The van der Waals surface area contributed by atoms with E-state index in [1.165, 1.54) is 11.0 Å². The van der Waals surface area contributed by atoms with Gasteiger partial charge in [-0.15, -0.1) is 11.8 Å². The first-order valence-corrected chi connectivity index (χ1v) is 17.3. The van der Waals surface area contributed by atoms with Gasteiger partial charge >= 0.3 is 0 Å². The summed E-state index contributed by atoms with van der Waals surface area (Å²) in [6.45, 7) is 12.1. The topological polar surface area (TPSA) is 39.2 Å². The van der Waals surface area contributed by atoms with Crippen molar-refractivity contribution < 1.29 is 13.6 Å². The number of thioether (sulfide) groups is 1. The molecule has 0 atom stereocenters. The fourth-order valence-electron chi connectivity index (χ4n) is 5.86. The Bertz CT molecular complexity index is 1720. The maximum absolute atomic E-state index is 14.5. The highest BCUT2D eigenvalue weighted by Crippen LogP contribution is 2.33. The summed E-state index contributed by atoms with van der Waals surface area (Å²) in [5, 5.41) is 0. The van der Waals surface area contributed by atoms with Crippen molar-refractivity contribution in [2.45, 2.75) is 38.1 Å². The van der Waals surface area contributed by atoms with Crippen LogP contribution in [0.2, 0.25) is 0 Å². The molecule has 1 amide bonds. The molecule has 0 bridgehead atoms. The third-order valence-corrected chi connectivity index (χ3v) is 9.45. The van der Waals surface area contributed by atoms with Crippen LogP contribution in [-0.4, -0.2) is 60.5 Å². The summed E-state index contributed by atoms with van der Waals surface area (Å²) >= 11 is 1.72. The quantitative estimate of drug-likeness (QED) is 0.128. The van der Waals surface area contributed by atoms with Crippen LogP contribution in [0.1, 0.15) is 37.0 Å². The molecule has 1 heterocycles. The number of hydrogen-bond donors (Lipinski definition) is 0. The Kier molecular flexibility index (Phi) is 11.6. The normalized spacial score (nSPS) is 12.7. The molecule has 4 aromatic rings. The Morgan fingerprint density at radius 1 is 0.851 bits per heavy atom. The standard InChI is InChI=1S/C39H42F2N4OS/c1-5-43(6-2)24-25-44(26-29-14-16-30(17-15-29)31-18-21-33(47-4)22-19-31)38(46)27-45-36-13-8-7-11-34(36)28(3)42-37(45)23-20-32-10-9-12-35(40)39(32)41/h7-19,21-22H,3,5-6,20,23-27H2,1-2,4H3. The lowest BCUT2D eigenvalue weighted by atomic mass is 10.0. The fraction of sp³-hybridized carbons (Fsp3) is 0.282. The lowest BCUT2D eigenvalue weighted by Crippen LogP contribution is -2.46. The average Bonchev–Trinajstić information content (AvgIpc) is 3.10. The molecular weight excluding hydrogens is 611 g/mol. The van der Waals surface area contributed by atoms with E-state index in [0.717, 1.165) is 53.6 Å². The average molecular weight is 653 g/mol. The van der Waals surface area contributed by atoms with E-state index in [4.69, 9.17) is 4.99 Å². The van der Waals surface area contributed by atoms with Crippen LogP contribution in [0.25, 0.3) is 16.8 Å². The Morgan fingerprint density at radius 3 is 2.21 bits per heavy atom. The number of amidine groups is 1. The molecule has 5 nitrogen and oxygen atoms in total. The second-order valence-electron chi connectivity index (χ2n) is 11.6. The van der Waals surface area contributed by atoms with Gasteiger partial charge < -0.3 is 14.7 Å². The van der Waals surface area contributed by atoms with Crippen LogP contribution in [0.5, 0.6) is 0 Å². The zero-order valence-electron chi connectivity index (χ0n) is 27.4. The van der Waals surface area contributed by atoms with Crippen molar-refractivity contribution in [3.8, 4) is 11.1 Å². The molecule has 4 aromatic carbocycles. The zero-order valence-corrected chi connectivity index (χ0v) is 28.2. The van der Waals surface area contributed by atoms with E-state index < -0.39 is 11.6 Å². The molecule has 0 spiro atoms. The molecule has 0 saturated carbocycles. The molecule has 1 aliphatic rings. The number of rotatable bonds is 14. The Hall–Kier alpha value is -4.27. The first kappa shape index (κ1) is 34.1. The second kappa shape index (κ2) is 16.0. The molecule has 1 aliphatic heterocycles. The summed E-state index contributed by atoms with van der Waals surface area (Å²) in [6, 6.07) is 28.9. The van der Waals surface area contributed by atoms with Crippen molar-refractivity contribution in [1.82, 2.24) is 9.80 Å². The van der Waals surface area contributed by atoms with Gasteiger partial charge in [-0.3, -0.25) is 4.79 Å². The maximum Gasteiger partial charge on any atom is 0.242 e. The minimum absolute atomic E-state index is 0.0409. The lowest BCUT2D eigenvalue weighted by molar-refractivity contribution is -0.130. The predicted molar refractivity (Wildman–Crippen MR) is 192 cm³/mol. The summed E-state index contributed by atoms with van der Waals surface area (Å²) in [6.07, 6.45) is 2.62. The molecule has 0 N–H and O–H groups in total. The molecular formula is C39H42F2N4OS. The highest BCUT2D eigenvalue weighted by molar-refractivity contribution is 7.98. The molecule has 0 radical (unpaired) electrons. The van der Waals surface area contributed by atoms with Crippen LogP contribution in [0.3, 0.4) is 0 Å². The van der Waals surface area contributed by atoms with Gasteiger partial charge in [0.1, 0.15) is 12.4 Å². The maximum atomic E-state index is 14.5. The molecule has 244 valence electrons. The molecule has 8 heteroatoms. The van der Waals surface area contributed by atoms with E-state index in [1.54, 1.807) is 17.8 Å². The number of hydrogen-bond acceptors (Lipinski definition) is 5. The van der Waals surface area contributed by atoms with Crippen molar-refractivity contribution >= 4 is 34.9 Å². The summed E-state index contributed by atoms with van der Waals surface area (Å²) in [5.74, 6) is -1.16. The Morgan fingerprint density at radius 2 is 1.53 bits per heavy atom. The molecule has 0 aliphatic carbocycles. The van der Waals surface area contributed by atoms with Gasteiger partial charge in [-0.25, -0.2) is 13.8 Å². The number of anilines is 1. The van der Waals surface area contributed by atoms with Gasteiger partial charge in [0.25, 0.3) is 0 Å². The van der Waals surface area contributed by atoms with Crippen LogP contribution in [0, 0.1) is 11.6 Å². The summed E-state index contributed by atoms with van der Waals surface area (Å²) in [4.78, 5) is 26.4. The van der Waals surface area contributed by atoms with Crippen LogP contribution in [0.4, 0.5) is 14.5 Å². The number of amides is 1. The Balaban J connectivity index is 1.38. The predicted octanol–water partition coefficient (Wildman–Crippen LogP) is 8.55. The van der Waals surface area contributed by atoms with Gasteiger partial charge in [0, 0.05) is 36.5 Å². The molecule has 0 aromatic heterocycles. The largest absolute Gasteiger partial charge is 0.336 e. The summed E-state index contributed by atoms with van der Waals surface area (Å²) < 4.78 is 28.5. The van der Waals surface area contributed by atoms with Gasteiger partial charge in [-0.1, -0.05) is 87.2 Å². The minimum atomic E-state index is -0.875. The summed E-state index contributed by atoms with van der Waals surface area (Å²) in [5.41, 5.74) is 5.86. The van der Waals surface area contributed by atoms with Gasteiger partial charge in [0.15, 0.2) is 11.6 Å². The molecule has 0 unspecified atom stereocenters. The smallest absolute Gasteiger partial charge is 0.242 e. The third kappa shape index (κ3) is 8.37. The van der Waals surface area contributed by atoms with Gasteiger partial charge in [-0.05, 0) is 72.3 Å². The van der Waals surface area contributed by atoms with E-state index in [1.807, 2.05) is 34.1 Å². The van der Waals surface area contributed by atoms with Crippen molar-refractivity contribution in [2.75, 3.05) is 43.9 Å². The number of halogens is 2. The van der Waals surface area contributed by atoms with Crippen LogP contribution in [-0.2, 0) is 17.8 Å².